The van der Waals surface area contributed by atoms with E-state index in [4.69, 9.17) is 5.73 Å². The largest absolute Gasteiger partial charge is 0.330 e. The molecule has 0 bridgehead atoms. The van der Waals surface area contributed by atoms with Gasteiger partial charge in [-0.2, -0.15) is 0 Å². The van der Waals surface area contributed by atoms with Crippen LogP contribution < -0.4 is 5.73 Å². The van der Waals surface area contributed by atoms with Crippen LogP contribution in [0.3, 0.4) is 0 Å². The highest BCUT2D eigenvalue weighted by Crippen LogP contribution is 2.09. The number of unbranched alkanes of at least 4 members (excludes halogenated alkanes) is 7. The Kier molecular flexibility index (Phi) is 14.1. The van der Waals surface area contributed by atoms with Crippen LogP contribution in [0.25, 0.3) is 0 Å². The van der Waals surface area contributed by atoms with Crippen LogP contribution in [-0.2, 0) is 0 Å². The van der Waals surface area contributed by atoms with Crippen molar-refractivity contribution in [2.24, 2.45) is 5.73 Å². The zero-order valence-electron chi connectivity index (χ0n) is 10.2. The number of rotatable bonds is 11. The van der Waals surface area contributed by atoms with Crippen molar-refractivity contribution in [2.45, 2.75) is 58.3 Å². The van der Waals surface area contributed by atoms with E-state index in [1.54, 1.807) is 0 Å². The molecule has 0 rings (SSSR count). The molecule has 0 saturated carbocycles. The van der Waals surface area contributed by atoms with Gasteiger partial charge in [0.1, 0.15) is 0 Å². The molecule has 2 heteroatoms. The van der Waals surface area contributed by atoms with Crippen molar-refractivity contribution in [3.63, 3.8) is 0 Å². The number of thioether (sulfide) groups is 1. The molecular weight excluding hydrogens is 202 g/mol. The predicted octanol–water partition coefficient (Wildman–Crippen LogP) is 4.33. The number of allylic oxidation sites excluding steroid dienone is 1. The quantitative estimate of drug-likeness (QED) is 0.534. The fraction of sp³-hybridized carbons (Fsp3) is 0.846. The molecule has 0 aliphatic rings. The highest BCUT2D eigenvalue weighted by atomic mass is 32.2. The first kappa shape index (κ1) is 15.0. The number of hydrogen-bond acceptors (Lipinski definition) is 2. The molecule has 0 amide bonds. The monoisotopic (exact) mass is 229 g/mol. The summed E-state index contributed by atoms with van der Waals surface area (Å²) < 4.78 is 0. The van der Waals surface area contributed by atoms with Crippen LogP contribution in [0.1, 0.15) is 58.3 Å². The molecule has 0 spiro atoms. The van der Waals surface area contributed by atoms with Gasteiger partial charge in [0.2, 0.25) is 0 Å². The minimum absolute atomic E-state index is 0.784. The Morgan fingerprint density at radius 2 is 1.67 bits per heavy atom. The predicted molar refractivity (Wildman–Crippen MR) is 73.3 cm³/mol. The van der Waals surface area contributed by atoms with E-state index in [0.717, 1.165) is 12.3 Å². The molecule has 0 aliphatic heterocycles. The third-order valence-corrected chi connectivity index (χ3v) is 3.26. The summed E-state index contributed by atoms with van der Waals surface area (Å²) in [4.78, 5) is 0. The third kappa shape index (κ3) is 14.1. The lowest BCUT2D eigenvalue weighted by Crippen LogP contribution is -1.99. The first-order chi connectivity index (χ1) is 7.41. The molecule has 1 nitrogen and oxygen atoms in total. The fourth-order valence-electron chi connectivity index (χ4n) is 1.49. The molecule has 90 valence electrons. The van der Waals surface area contributed by atoms with Gasteiger partial charge in [-0.05, 0) is 18.2 Å². The second-order valence-electron chi connectivity index (χ2n) is 3.94. The van der Waals surface area contributed by atoms with Crippen LogP contribution in [0.4, 0.5) is 0 Å². The molecule has 0 fully saturated rings. The Balaban J connectivity index is 2.95. The van der Waals surface area contributed by atoms with E-state index >= 15 is 0 Å². The summed E-state index contributed by atoms with van der Waals surface area (Å²) in [6.45, 7) is 3.05. The maximum Gasteiger partial charge on any atom is 0.00972 e. The zero-order chi connectivity index (χ0) is 11.2. The van der Waals surface area contributed by atoms with Crippen molar-refractivity contribution in [2.75, 3.05) is 12.3 Å². The molecule has 2 N–H and O–H groups in total. The Morgan fingerprint density at radius 3 is 2.33 bits per heavy atom. The Morgan fingerprint density at radius 1 is 1.00 bits per heavy atom. The van der Waals surface area contributed by atoms with Crippen LogP contribution in [0.15, 0.2) is 11.5 Å². The molecule has 0 aromatic rings. The SMILES string of the molecule is CCCCCCCCCC=CSCCN. The molecule has 0 heterocycles. The van der Waals surface area contributed by atoms with Crippen molar-refractivity contribution in [1.29, 1.82) is 0 Å². The van der Waals surface area contributed by atoms with E-state index in [1.165, 1.54) is 51.4 Å². The van der Waals surface area contributed by atoms with Crippen molar-refractivity contribution in [3.8, 4) is 0 Å². The Bertz CT molecular complexity index is 134. The first-order valence-corrected chi connectivity index (χ1v) is 7.43. The van der Waals surface area contributed by atoms with Gasteiger partial charge in [-0.25, -0.2) is 0 Å². The van der Waals surface area contributed by atoms with Crippen molar-refractivity contribution < 1.29 is 0 Å². The van der Waals surface area contributed by atoms with Gasteiger partial charge in [0.25, 0.3) is 0 Å². The summed E-state index contributed by atoms with van der Waals surface area (Å²) in [5.41, 5.74) is 5.39. The third-order valence-electron chi connectivity index (χ3n) is 2.40. The smallest absolute Gasteiger partial charge is 0.00972 e. The Labute approximate surface area is 99.9 Å². The zero-order valence-corrected chi connectivity index (χ0v) is 11.0. The Hall–Kier alpha value is 0.0500. The van der Waals surface area contributed by atoms with Gasteiger partial charge < -0.3 is 5.73 Å². The lowest BCUT2D eigenvalue weighted by atomic mass is 10.1. The summed E-state index contributed by atoms with van der Waals surface area (Å²) in [5, 5.41) is 2.20. The topological polar surface area (TPSA) is 26.0 Å². The summed E-state index contributed by atoms with van der Waals surface area (Å²) >= 11 is 1.82. The van der Waals surface area contributed by atoms with Gasteiger partial charge in [0, 0.05) is 12.3 Å². The lowest BCUT2D eigenvalue weighted by Gasteiger charge is -1.98. The maximum atomic E-state index is 5.39. The highest BCUT2D eigenvalue weighted by Gasteiger charge is 1.89. The van der Waals surface area contributed by atoms with Crippen LogP contribution in [-0.4, -0.2) is 12.3 Å². The minimum Gasteiger partial charge on any atom is -0.330 e. The lowest BCUT2D eigenvalue weighted by molar-refractivity contribution is 0.592. The van der Waals surface area contributed by atoms with Gasteiger partial charge in [0.05, 0.1) is 0 Å². The normalized spacial score (nSPS) is 11.3. The second kappa shape index (κ2) is 14.1. The molecule has 0 aliphatic carbocycles. The molecular formula is C13H27NS. The van der Waals surface area contributed by atoms with Gasteiger partial charge in [-0.3, -0.25) is 0 Å². The van der Waals surface area contributed by atoms with Gasteiger partial charge in [-0.1, -0.05) is 51.5 Å². The summed E-state index contributed by atoms with van der Waals surface area (Å²) in [5.74, 6) is 1.05. The van der Waals surface area contributed by atoms with E-state index in [1.807, 2.05) is 11.8 Å². The van der Waals surface area contributed by atoms with E-state index in [-0.39, 0.29) is 0 Å². The van der Waals surface area contributed by atoms with Crippen molar-refractivity contribution in [1.82, 2.24) is 0 Å². The molecule has 0 aromatic carbocycles. The average Bonchev–Trinajstić information content (AvgIpc) is 2.26. The molecule has 15 heavy (non-hydrogen) atoms. The summed E-state index contributed by atoms with van der Waals surface area (Å²) in [6, 6.07) is 0. The number of nitrogens with two attached hydrogens (primary N) is 1. The summed E-state index contributed by atoms with van der Waals surface area (Å²) in [6.07, 6.45) is 13.3. The average molecular weight is 229 g/mol. The van der Waals surface area contributed by atoms with Crippen LogP contribution in [0.2, 0.25) is 0 Å². The van der Waals surface area contributed by atoms with E-state index in [2.05, 4.69) is 18.4 Å². The summed E-state index contributed by atoms with van der Waals surface area (Å²) in [7, 11) is 0. The number of hydrogen-bond donors (Lipinski definition) is 1. The molecule has 0 atom stereocenters. The van der Waals surface area contributed by atoms with Gasteiger partial charge in [-0.15, -0.1) is 11.8 Å². The highest BCUT2D eigenvalue weighted by molar-refractivity contribution is 8.02. The standard InChI is InChI=1S/C13H27NS/c1-2-3-4-5-6-7-8-9-10-12-15-13-11-14/h10,12H,2-9,11,13-14H2,1H3. The van der Waals surface area contributed by atoms with Crippen LogP contribution >= 0.6 is 11.8 Å². The van der Waals surface area contributed by atoms with Gasteiger partial charge >= 0.3 is 0 Å². The molecule has 0 aromatic heterocycles. The van der Waals surface area contributed by atoms with Gasteiger partial charge in [0.15, 0.2) is 0 Å². The fourth-order valence-corrected chi connectivity index (χ4v) is 2.04. The van der Waals surface area contributed by atoms with E-state index in [9.17, 15) is 0 Å². The second-order valence-corrected chi connectivity index (χ2v) is 4.95. The van der Waals surface area contributed by atoms with E-state index < -0.39 is 0 Å². The first-order valence-electron chi connectivity index (χ1n) is 6.38. The molecule has 0 unspecified atom stereocenters. The van der Waals surface area contributed by atoms with Crippen LogP contribution in [0, 0.1) is 0 Å². The molecule has 0 saturated heterocycles. The van der Waals surface area contributed by atoms with Crippen molar-refractivity contribution >= 4 is 11.8 Å². The van der Waals surface area contributed by atoms with Crippen LogP contribution in [0.5, 0.6) is 0 Å². The van der Waals surface area contributed by atoms with E-state index in [0.29, 0.717) is 0 Å². The minimum atomic E-state index is 0.784. The molecule has 0 radical (unpaired) electrons. The van der Waals surface area contributed by atoms with Crippen molar-refractivity contribution in [3.05, 3.63) is 11.5 Å². The maximum absolute atomic E-state index is 5.39.